The molecule has 2 aromatic rings. The molecule has 0 radical (unpaired) electrons. The van der Waals surface area contributed by atoms with Gasteiger partial charge in [-0.2, -0.15) is 0 Å². The number of amides is 1. The lowest BCUT2D eigenvalue weighted by Crippen LogP contribution is -2.35. The van der Waals surface area contributed by atoms with Crippen molar-refractivity contribution in [3.8, 4) is 11.5 Å². The van der Waals surface area contributed by atoms with Gasteiger partial charge in [0.1, 0.15) is 17.6 Å². The molecule has 24 heavy (non-hydrogen) atoms. The number of carbonyl (C=O) groups excluding carboxylic acids is 1. The molecule has 2 aromatic carbocycles. The van der Waals surface area contributed by atoms with Crippen LogP contribution in [-0.2, 0) is 16.1 Å². The monoisotopic (exact) mass is 326 g/mol. The summed E-state index contributed by atoms with van der Waals surface area (Å²) in [5, 5.41) is 2.93. The molecule has 1 aliphatic rings. The Morgan fingerprint density at radius 1 is 1.12 bits per heavy atom. The summed E-state index contributed by atoms with van der Waals surface area (Å²) >= 11 is 0. The van der Waals surface area contributed by atoms with Crippen LogP contribution in [0.2, 0.25) is 0 Å². The minimum atomic E-state index is -0.402. The average Bonchev–Trinajstić information content (AvgIpc) is 3.11. The lowest BCUT2D eigenvalue weighted by molar-refractivity contribution is -0.132. The minimum Gasteiger partial charge on any atom is -0.457 e. The van der Waals surface area contributed by atoms with Crippen LogP contribution < -0.4 is 15.8 Å². The van der Waals surface area contributed by atoms with Crippen LogP contribution in [0.5, 0.6) is 11.5 Å². The van der Waals surface area contributed by atoms with Gasteiger partial charge >= 0.3 is 0 Å². The fourth-order valence-electron chi connectivity index (χ4n) is 2.73. The van der Waals surface area contributed by atoms with Crippen LogP contribution in [0.4, 0.5) is 0 Å². The highest BCUT2D eigenvalue weighted by Crippen LogP contribution is 2.25. The highest BCUT2D eigenvalue weighted by atomic mass is 16.5. The summed E-state index contributed by atoms with van der Waals surface area (Å²) in [5.74, 6) is 1.40. The van der Waals surface area contributed by atoms with E-state index in [1.807, 2.05) is 54.6 Å². The molecule has 1 fully saturated rings. The van der Waals surface area contributed by atoms with Crippen LogP contribution >= 0.6 is 0 Å². The molecule has 5 heteroatoms. The predicted molar refractivity (Wildman–Crippen MR) is 91.8 cm³/mol. The number of nitrogens with two attached hydrogens (primary N) is 1. The summed E-state index contributed by atoms with van der Waals surface area (Å²) < 4.78 is 11.5. The van der Waals surface area contributed by atoms with Crippen LogP contribution in [0.25, 0.3) is 0 Å². The van der Waals surface area contributed by atoms with E-state index in [0.717, 1.165) is 29.9 Å². The molecular formula is C19H22N2O3. The lowest BCUT2D eigenvalue weighted by Gasteiger charge is -2.15. The quantitative estimate of drug-likeness (QED) is 0.856. The zero-order valence-electron chi connectivity index (χ0n) is 13.5. The van der Waals surface area contributed by atoms with Crippen LogP contribution in [0.15, 0.2) is 54.6 Å². The topological polar surface area (TPSA) is 73.6 Å². The van der Waals surface area contributed by atoms with Gasteiger partial charge in [-0.05, 0) is 31.0 Å². The zero-order valence-corrected chi connectivity index (χ0v) is 13.5. The Bertz CT molecular complexity index is 675. The van der Waals surface area contributed by atoms with Gasteiger partial charge in [-0.25, -0.2) is 0 Å². The van der Waals surface area contributed by atoms with Gasteiger partial charge < -0.3 is 20.5 Å². The maximum Gasteiger partial charge on any atom is 0.249 e. The van der Waals surface area contributed by atoms with Crippen molar-refractivity contribution in [2.75, 3.05) is 6.54 Å². The third-order valence-corrected chi connectivity index (χ3v) is 4.06. The number of hydrogen-bond acceptors (Lipinski definition) is 4. The molecule has 1 amide bonds. The van der Waals surface area contributed by atoms with Gasteiger partial charge in [0.25, 0.3) is 0 Å². The van der Waals surface area contributed by atoms with E-state index in [4.69, 9.17) is 15.2 Å². The van der Waals surface area contributed by atoms with Crippen molar-refractivity contribution in [1.29, 1.82) is 0 Å². The Hall–Kier alpha value is -2.37. The van der Waals surface area contributed by atoms with Crippen molar-refractivity contribution in [2.45, 2.75) is 31.6 Å². The normalized spacial score (nSPS) is 19.9. The molecule has 126 valence electrons. The summed E-state index contributed by atoms with van der Waals surface area (Å²) in [6.07, 6.45) is 1.15. The average molecular weight is 326 g/mol. The minimum absolute atomic E-state index is 0.00514. The fraction of sp³-hybridized carbons (Fsp3) is 0.316. The number of nitrogens with one attached hydrogen (secondary N) is 1. The van der Waals surface area contributed by atoms with E-state index in [2.05, 4.69) is 5.32 Å². The Morgan fingerprint density at radius 3 is 2.62 bits per heavy atom. The van der Waals surface area contributed by atoms with E-state index in [1.165, 1.54) is 0 Å². The largest absolute Gasteiger partial charge is 0.457 e. The molecule has 3 rings (SSSR count). The summed E-state index contributed by atoms with van der Waals surface area (Å²) in [4.78, 5) is 12.2. The molecule has 0 bridgehead atoms. The Balaban J connectivity index is 1.60. The van der Waals surface area contributed by atoms with Crippen molar-refractivity contribution in [3.63, 3.8) is 0 Å². The molecule has 0 unspecified atom stereocenters. The highest BCUT2D eigenvalue weighted by molar-refractivity contribution is 5.81. The first-order valence-corrected chi connectivity index (χ1v) is 8.20. The Kier molecular flexibility index (Phi) is 5.46. The van der Waals surface area contributed by atoms with Gasteiger partial charge in [-0.15, -0.1) is 0 Å². The molecule has 0 aliphatic carbocycles. The molecule has 1 heterocycles. The van der Waals surface area contributed by atoms with Gasteiger partial charge in [-0.1, -0.05) is 36.4 Å². The van der Waals surface area contributed by atoms with Crippen LogP contribution in [-0.4, -0.2) is 24.7 Å². The summed E-state index contributed by atoms with van der Waals surface area (Å²) in [7, 11) is 0. The maximum atomic E-state index is 12.2. The van der Waals surface area contributed by atoms with Crippen LogP contribution in [0, 0.1) is 0 Å². The molecule has 3 N–H and O–H groups in total. The highest BCUT2D eigenvalue weighted by Gasteiger charge is 2.29. The standard InChI is InChI=1S/C19H22N2O3/c20-12-16-10-11-18(24-16)19(22)21-13-14-6-4-5-9-17(14)23-15-7-2-1-3-8-15/h1-9,16,18H,10-13,20H2,(H,21,22)/t16-,18+/m1/s1. The number of para-hydroxylation sites is 2. The smallest absolute Gasteiger partial charge is 0.249 e. The van der Waals surface area contributed by atoms with Crippen molar-refractivity contribution in [2.24, 2.45) is 5.73 Å². The lowest BCUT2D eigenvalue weighted by atomic mass is 10.1. The van der Waals surface area contributed by atoms with Crippen molar-refractivity contribution < 1.29 is 14.3 Å². The number of rotatable bonds is 6. The fourth-order valence-corrected chi connectivity index (χ4v) is 2.73. The molecule has 1 saturated heterocycles. The number of ether oxygens (including phenoxy) is 2. The Labute approximate surface area is 141 Å². The van der Waals surface area contributed by atoms with E-state index >= 15 is 0 Å². The predicted octanol–water partition coefficient (Wildman–Crippen LogP) is 2.60. The molecule has 0 aromatic heterocycles. The van der Waals surface area contributed by atoms with E-state index in [9.17, 15) is 4.79 Å². The van der Waals surface area contributed by atoms with Gasteiger partial charge in [-0.3, -0.25) is 4.79 Å². The first-order chi connectivity index (χ1) is 11.8. The molecule has 5 nitrogen and oxygen atoms in total. The van der Waals surface area contributed by atoms with E-state index in [1.54, 1.807) is 0 Å². The Morgan fingerprint density at radius 2 is 1.88 bits per heavy atom. The molecular weight excluding hydrogens is 304 g/mol. The van der Waals surface area contributed by atoms with E-state index < -0.39 is 6.10 Å². The van der Waals surface area contributed by atoms with Crippen molar-refractivity contribution in [3.05, 3.63) is 60.2 Å². The van der Waals surface area contributed by atoms with Gasteiger partial charge in [0, 0.05) is 18.7 Å². The number of benzene rings is 2. The van der Waals surface area contributed by atoms with Crippen LogP contribution in [0.3, 0.4) is 0 Å². The van der Waals surface area contributed by atoms with E-state index in [0.29, 0.717) is 13.1 Å². The zero-order chi connectivity index (χ0) is 16.8. The molecule has 2 atom stereocenters. The van der Waals surface area contributed by atoms with Gasteiger partial charge in [0.2, 0.25) is 5.91 Å². The number of carbonyl (C=O) groups is 1. The van der Waals surface area contributed by atoms with Crippen molar-refractivity contribution in [1.82, 2.24) is 5.32 Å². The number of hydrogen-bond donors (Lipinski definition) is 2. The second-order valence-electron chi connectivity index (χ2n) is 5.80. The molecule has 1 aliphatic heterocycles. The van der Waals surface area contributed by atoms with Gasteiger partial charge in [0.05, 0.1) is 6.10 Å². The molecule has 0 spiro atoms. The maximum absolute atomic E-state index is 12.2. The third kappa shape index (κ3) is 4.13. The second kappa shape index (κ2) is 7.95. The SMILES string of the molecule is NC[C@H]1CC[C@@H](C(=O)NCc2ccccc2Oc2ccccc2)O1. The first-order valence-electron chi connectivity index (χ1n) is 8.20. The van der Waals surface area contributed by atoms with Crippen LogP contribution in [0.1, 0.15) is 18.4 Å². The van der Waals surface area contributed by atoms with E-state index in [-0.39, 0.29) is 12.0 Å². The first kappa shape index (κ1) is 16.5. The van der Waals surface area contributed by atoms with Gasteiger partial charge in [0.15, 0.2) is 0 Å². The van der Waals surface area contributed by atoms with Crippen molar-refractivity contribution >= 4 is 5.91 Å². The summed E-state index contributed by atoms with van der Waals surface area (Å²) in [5.41, 5.74) is 6.50. The second-order valence-corrected chi connectivity index (χ2v) is 5.80. The summed E-state index contributed by atoms with van der Waals surface area (Å²) in [6.45, 7) is 0.854. The summed E-state index contributed by atoms with van der Waals surface area (Å²) in [6, 6.07) is 17.3. The molecule has 0 saturated carbocycles. The third-order valence-electron chi connectivity index (χ3n) is 4.06.